The van der Waals surface area contributed by atoms with Gasteiger partial charge in [0.05, 0.1) is 0 Å². The van der Waals surface area contributed by atoms with E-state index in [1.165, 1.54) is 0 Å². The number of furan rings is 1. The highest BCUT2D eigenvalue weighted by Gasteiger charge is 2.27. The first-order valence-corrected chi connectivity index (χ1v) is 8.08. The van der Waals surface area contributed by atoms with Crippen LogP contribution in [0.5, 0.6) is 0 Å². The summed E-state index contributed by atoms with van der Waals surface area (Å²) in [7, 11) is 2.01. The van der Waals surface area contributed by atoms with Crippen molar-refractivity contribution in [3.8, 4) is 0 Å². The molecule has 0 aliphatic rings. The van der Waals surface area contributed by atoms with Gasteiger partial charge in [0, 0.05) is 24.7 Å². The molecule has 1 atom stereocenters. The van der Waals surface area contributed by atoms with Gasteiger partial charge in [-0.15, -0.1) is 0 Å². The molecule has 1 aromatic heterocycles. The summed E-state index contributed by atoms with van der Waals surface area (Å²) in [4.78, 5) is 2.20. The molecule has 2 N–H and O–H groups in total. The van der Waals surface area contributed by atoms with E-state index < -0.39 is 10.0 Å². The Morgan fingerprint density at radius 1 is 1.25 bits per heavy atom. The van der Waals surface area contributed by atoms with Gasteiger partial charge < -0.3 is 14.6 Å². The molecule has 0 saturated carbocycles. The highest BCUT2D eigenvalue weighted by Crippen LogP contribution is 2.26. The first kappa shape index (κ1) is 17.2. The fourth-order valence-corrected chi connectivity index (χ4v) is 4.03. The molecule has 0 spiro atoms. The smallest absolute Gasteiger partial charge is 0.244 e. The van der Waals surface area contributed by atoms with Gasteiger partial charge in [0.25, 0.3) is 0 Å². The van der Waals surface area contributed by atoms with Gasteiger partial charge in [-0.1, -0.05) is 0 Å². The van der Waals surface area contributed by atoms with E-state index in [0.717, 1.165) is 0 Å². The Morgan fingerprint density at radius 2 is 1.85 bits per heavy atom. The lowest BCUT2D eigenvalue weighted by molar-refractivity contribution is 0.370. The van der Waals surface area contributed by atoms with E-state index in [0.29, 0.717) is 30.2 Å². The molecular weight excluding hydrogens is 278 g/mol. The van der Waals surface area contributed by atoms with E-state index in [1.54, 1.807) is 20.9 Å². The Kier molecular flexibility index (Phi) is 5.76. The highest BCUT2D eigenvalue weighted by molar-refractivity contribution is 7.89. The molecule has 0 radical (unpaired) electrons. The Hall–Kier alpha value is -0.890. The minimum absolute atomic E-state index is 0.174. The molecule has 0 aliphatic carbocycles. The second kappa shape index (κ2) is 6.71. The van der Waals surface area contributed by atoms with Gasteiger partial charge in [-0.25, -0.2) is 13.1 Å². The largest absolute Gasteiger partial charge is 0.465 e. The van der Waals surface area contributed by atoms with Gasteiger partial charge in [0.15, 0.2) is 0 Å². The molecular formula is C13H25N3O3S. The van der Waals surface area contributed by atoms with Crippen molar-refractivity contribution in [1.82, 2.24) is 14.9 Å². The van der Waals surface area contributed by atoms with Crippen LogP contribution in [0, 0.1) is 13.8 Å². The molecule has 1 rings (SSSR count). The summed E-state index contributed by atoms with van der Waals surface area (Å²) in [6.45, 7) is 6.40. The topological polar surface area (TPSA) is 74.6 Å². The number of aryl methyl sites for hydroxylation is 2. The van der Waals surface area contributed by atoms with Crippen molar-refractivity contribution in [3.05, 3.63) is 17.1 Å². The molecule has 0 saturated heterocycles. The second-order valence-corrected chi connectivity index (χ2v) is 6.99. The summed E-state index contributed by atoms with van der Waals surface area (Å²) in [5.41, 5.74) is 0.689. The monoisotopic (exact) mass is 303 g/mol. The number of rotatable bonds is 7. The van der Waals surface area contributed by atoms with E-state index >= 15 is 0 Å². The van der Waals surface area contributed by atoms with Crippen molar-refractivity contribution in [2.24, 2.45) is 0 Å². The van der Waals surface area contributed by atoms with Crippen LogP contribution < -0.4 is 10.0 Å². The van der Waals surface area contributed by atoms with Crippen LogP contribution in [-0.4, -0.2) is 47.0 Å². The minimum atomic E-state index is -3.58. The van der Waals surface area contributed by atoms with Crippen LogP contribution in [-0.2, 0) is 16.6 Å². The SMILES string of the molecule is CNCc1c(C)oc(C)c1S(=O)(=O)NC(C)CN(C)C. The normalized spacial score (nSPS) is 13.9. The highest BCUT2D eigenvalue weighted by atomic mass is 32.2. The fraction of sp³-hybridized carbons (Fsp3) is 0.692. The third-order valence-electron chi connectivity index (χ3n) is 2.94. The summed E-state index contributed by atoms with van der Waals surface area (Å²) < 4.78 is 33.3. The van der Waals surface area contributed by atoms with Crippen molar-refractivity contribution < 1.29 is 12.8 Å². The Morgan fingerprint density at radius 3 is 2.35 bits per heavy atom. The molecule has 6 nitrogen and oxygen atoms in total. The molecule has 1 heterocycles. The van der Waals surface area contributed by atoms with Gasteiger partial charge >= 0.3 is 0 Å². The second-order valence-electron chi connectivity index (χ2n) is 5.34. The number of sulfonamides is 1. The number of nitrogens with one attached hydrogen (secondary N) is 2. The molecule has 0 aliphatic heterocycles. The van der Waals surface area contributed by atoms with Crippen LogP contribution in [0.1, 0.15) is 24.0 Å². The Bertz CT molecular complexity index is 549. The van der Waals surface area contributed by atoms with E-state index in [-0.39, 0.29) is 10.9 Å². The van der Waals surface area contributed by atoms with Crippen molar-refractivity contribution in [2.45, 2.75) is 38.3 Å². The van der Waals surface area contributed by atoms with Gasteiger partial charge in [-0.05, 0) is 41.9 Å². The fourth-order valence-electron chi connectivity index (χ4n) is 2.35. The lowest BCUT2D eigenvalue weighted by Crippen LogP contribution is -2.39. The van der Waals surface area contributed by atoms with Crippen LogP contribution in [0.4, 0.5) is 0 Å². The van der Waals surface area contributed by atoms with Crippen LogP contribution in [0.3, 0.4) is 0 Å². The van der Waals surface area contributed by atoms with Crippen LogP contribution in [0.2, 0.25) is 0 Å². The zero-order valence-electron chi connectivity index (χ0n) is 13.1. The first-order valence-electron chi connectivity index (χ1n) is 6.59. The zero-order valence-corrected chi connectivity index (χ0v) is 13.9. The Balaban J connectivity index is 3.09. The number of nitrogens with zero attached hydrogens (tertiary/aromatic N) is 1. The minimum Gasteiger partial charge on any atom is -0.465 e. The number of hydrogen-bond acceptors (Lipinski definition) is 5. The maximum atomic E-state index is 12.5. The average molecular weight is 303 g/mol. The van der Waals surface area contributed by atoms with Crippen LogP contribution in [0.25, 0.3) is 0 Å². The van der Waals surface area contributed by atoms with Crippen LogP contribution in [0.15, 0.2) is 9.31 Å². The van der Waals surface area contributed by atoms with E-state index in [9.17, 15) is 8.42 Å². The lowest BCUT2D eigenvalue weighted by atomic mass is 10.2. The maximum Gasteiger partial charge on any atom is 0.244 e. The summed E-state index contributed by atoms with van der Waals surface area (Å²) in [5, 5.41) is 2.98. The van der Waals surface area contributed by atoms with Gasteiger partial charge in [-0.2, -0.15) is 0 Å². The van der Waals surface area contributed by atoms with E-state index in [1.807, 2.05) is 25.9 Å². The molecule has 0 aromatic carbocycles. The number of likely N-dealkylation sites (N-methyl/N-ethyl adjacent to an activating group) is 1. The lowest BCUT2D eigenvalue weighted by Gasteiger charge is -2.18. The Labute approximate surface area is 121 Å². The molecule has 0 fully saturated rings. The summed E-state index contributed by atoms with van der Waals surface area (Å²) in [6, 6.07) is -0.174. The number of hydrogen-bond donors (Lipinski definition) is 2. The standard InChI is InChI=1S/C13H25N3O3S/c1-9(8-16(5)6)15-20(17,18)13-11(3)19-10(2)12(13)7-14-4/h9,14-15H,7-8H2,1-6H3. The quantitative estimate of drug-likeness (QED) is 0.781. The maximum absolute atomic E-state index is 12.5. The molecule has 20 heavy (non-hydrogen) atoms. The molecule has 1 unspecified atom stereocenters. The molecule has 7 heteroatoms. The average Bonchev–Trinajstić information content (AvgIpc) is 2.52. The van der Waals surface area contributed by atoms with Crippen molar-refractivity contribution in [3.63, 3.8) is 0 Å². The molecule has 116 valence electrons. The van der Waals surface area contributed by atoms with Gasteiger partial charge in [0.2, 0.25) is 10.0 Å². The molecule has 0 bridgehead atoms. The van der Waals surface area contributed by atoms with Crippen molar-refractivity contribution >= 4 is 10.0 Å². The van der Waals surface area contributed by atoms with E-state index in [2.05, 4.69) is 10.0 Å². The first-order chi connectivity index (χ1) is 9.19. The predicted octanol–water partition coefficient (Wildman–Crippen LogP) is 0.844. The van der Waals surface area contributed by atoms with Gasteiger partial charge in [0.1, 0.15) is 16.4 Å². The predicted molar refractivity (Wildman–Crippen MR) is 79.3 cm³/mol. The third-order valence-corrected chi connectivity index (χ3v) is 4.73. The summed E-state index contributed by atoms with van der Waals surface area (Å²) in [5.74, 6) is 1.06. The summed E-state index contributed by atoms with van der Waals surface area (Å²) >= 11 is 0. The van der Waals surface area contributed by atoms with Crippen molar-refractivity contribution in [1.29, 1.82) is 0 Å². The van der Waals surface area contributed by atoms with Crippen LogP contribution >= 0.6 is 0 Å². The molecule has 0 amide bonds. The van der Waals surface area contributed by atoms with Crippen molar-refractivity contribution in [2.75, 3.05) is 27.7 Å². The third kappa shape index (κ3) is 4.05. The molecule has 1 aromatic rings. The van der Waals surface area contributed by atoms with E-state index in [4.69, 9.17) is 4.42 Å². The van der Waals surface area contributed by atoms with Gasteiger partial charge in [-0.3, -0.25) is 0 Å². The summed E-state index contributed by atoms with van der Waals surface area (Å²) in [6.07, 6.45) is 0. The zero-order chi connectivity index (χ0) is 15.5.